The maximum Gasteiger partial charge on any atom is 0.310 e. The molecule has 1 heterocycles. The number of ether oxygens (including phenoxy) is 1. The van der Waals surface area contributed by atoms with Crippen molar-refractivity contribution < 1.29 is 14.3 Å². The van der Waals surface area contributed by atoms with Crippen LogP contribution in [0.25, 0.3) is 0 Å². The zero-order valence-electron chi connectivity index (χ0n) is 9.69. The molecule has 0 saturated heterocycles. The van der Waals surface area contributed by atoms with Gasteiger partial charge in [0.25, 0.3) is 0 Å². The van der Waals surface area contributed by atoms with E-state index in [-0.39, 0.29) is 12.4 Å². The summed E-state index contributed by atoms with van der Waals surface area (Å²) in [6, 6.07) is 1.58. The first-order chi connectivity index (χ1) is 7.42. The van der Waals surface area contributed by atoms with Crippen molar-refractivity contribution in [3.8, 4) is 0 Å². The van der Waals surface area contributed by atoms with E-state index in [1.807, 2.05) is 0 Å². The molecule has 0 spiro atoms. The Morgan fingerprint density at radius 2 is 2.19 bits per heavy atom. The van der Waals surface area contributed by atoms with Gasteiger partial charge in [-0.2, -0.15) is 0 Å². The van der Waals surface area contributed by atoms with Gasteiger partial charge in [-0.25, -0.2) is 0 Å². The van der Waals surface area contributed by atoms with Crippen molar-refractivity contribution in [1.82, 2.24) is 4.98 Å². The highest BCUT2D eigenvalue weighted by Crippen LogP contribution is 2.11. The standard InChI is InChI=1S/C12H15NO3/c1-12(2,3)16-11(15)6-10-7-13-5-4-9(10)8-14/h4-5,7-8H,6H2,1-3H3. The first kappa shape index (κ1) is 12.4. The molecule has 4 heteroatoms. The normalized spacial score (nSPS) is 10.9. The molecule has 0 fully saturated rings. The lowest BCUT2D eigenvalue weighted by molar-refractivity contribution is -0.153. The van der Waals surface area contributed by atoms with Crippen molar-refractivity contribution in [3.63, 3.8) is 0 Å². The first-order valence-corrected chi connectivity index (χ1v) is 5.02. The molecule has 86 valence electrons. The molecule has 0 aliphatic heterocycles. The number of rotatable bonds is 3. The van der Waals surface area contributed by atoms with Gasteiger partial charge in [0.15, 0.2) is 0 Å². The van der Waals surface area contributed by atoms with Gasteiger partial charge < -0.3 is 4.74 Å². The van der Waals surface area contributed by atoms with Crippen molar-refractivity contribution in [2.75, 3.05) is 0 Å². The lowest BCUT2D eigenvalue weighted by atomic mass is 10.1. The zero-order chi connectivity index (χ0) is 12.2. The quantitative estimate of drug-likeness (QED) is 0.576. The summed E-state index contributed by atoms with van der Waals surface area (Å²) in [5.41, 5.74) is 0.549. The number of hydrogen-bond donors (Lipinski definition) is 0. The highest BCUT2D eigenvalue weighted by atomic mass is 16.6. The van der Waals surface area contributed by atoms with E-state index < -0.39 is 5.60 Å². The van der Waals surface area contributed by atoms with E-state index in [9.17, 15) is 9.59 Å². The summed E-state index contributed by atoms with van der Waals surface area (Å²) in [4.78, 5) is 26.1. The van der Waals surface area contributed by atoms with Gasteiger partial charge in [0, 0.05) is 18.0 Å². The molecular weight excluding hydrogens is 206 g/mol. The van der Waals surface area contributed by atoms with E-state index in [1.165, 1.54) is 12.4 Å². The molecule has 1 aromatic rings. The van der Waals surface area contributed by atoms with Gasteiger partial charge in [0.05, 0.1) is 6.42 Å². The Balaban J connectivity index is 2.73. The third kappa shape index (κ3) is 3.81. The Labute approximate surface area is 94.6 Å². The van der Waals surface area contributed by atoms with E-state index in [4.69, 9.17) is 4.74 Å². The number of pyridine rings is 1. The Hall–Kier alpha value is -1.71. The van der Waals surface area contributed by atoms with Crippen LogP contribution < -0.4 is 0 Å². The predicted molar refractivity (Wildman–Crippen MR) is 59.2 cm³/mol. The van der Waals surface area contributed by atoms with Crippen LogP contribution >= 0.6 is 0 Å². The van der Waals surface area contributed by atoms with Crippen LogP contribution in [0, 0.1) is 0 Å². The average molecular weight is 221 g/mol. The number of aromatic nitrogens is 1. The van der Waals surface area contributed by atoms with Crippen molar-refractivity contribution in [1.29, 1.82) is 0 Å². The number of esters is 1. The molecule has 0 aliphatic carbocycles. The van der Waals surface area contributed by atoms with Crippen molar-refractivity contribution in [2.45, 2.75) is 32.8 Å². The predicted octanol–water partition coefficient (Wildman–Crippen LogP) is 1.78. The summed E-state index contributed by atoms with van der Waals surface area (Å²) in [5, 5.41) is 0. The highest BCUT2D eigenvalue weighted by molar-refractivity contribution is 5.81. The molecule has 0 atom stereocenters. The van der Waals surface area contributed by atoms with Crippen molar-refractivity contribution in [3.05, 3.63) is 29.6 Å². The molecule has 0 bridgehead atoms. The van der Waals surface area contributed by atoms with Gasteiger partial charge in [-0.3, -0.25) is 14.6 Å². The summed E-state index contributed by atoms with van der Waals surface area (Å²) < 4.78 is 5.16. The highest BCUT2D eigenvalue weighted by Gasteiger charge is 2.17. The second kappa shape index (κ2) is 4.88. The topological polar surface area (TPSA) is 56.3 Å². The molecule has 0 aliphatic rings. The summed E-state index contributed by atoms with van der Waals surface area (Å²) in [7, 11) is 0. The van der Waals surface area contributed by atoms with E-state index >= 15 is 0 Å². The largest absolute Gasteiger partial charge is 0.460 e. The molecule has 0 unspecified atom stereocenters. The number of nitrogens with zero attached hydrogens (tertiary/aromatic N) is 1. The fraction of sp³-hybridized carbons (Fsp3) is 0.417. The Kier molecular flexibility index (Phi) is 3.77. The van der Waals surface area contributed by atoms with Crippen LogP contribution in [0.3, 0.4) is 0 Å². The summed E-state index contributed by atoms with van der Waals surface area (Å²) in [5.74, 6) is -0.358. The second-order valence-electron chi connectivity index (χ2n) is 4.46. The van der Waals surface area contributed by atoms with Crippen molar-refractivity contribution >= 4 is 12.3 Å². The lowest BCUT2D eigenvalue weighted by Crippen LogP contribution is -2.25. The first-order valence-electron chi connectivity index (χ1n) is 5.02. The minimum atomic E-state index is -0.513. The van der Waals surface area contributed by atoms with Gasteiger partial charge in [-0.1, -0.05) is 0 Å². The third-order valence-corrected chi connectivity index (χ3v) is 1.82. The Bertz CT molecular complexity index is 393. The average Bonchev–Trinajstić information content (AvgIpc) is 2.15. The maximum atomic E-state index is 11.5. The fourth-order valence-electron chi connectivity index (χ4n) is 1.23. The van der Waals surface area contributed by atoms with Crippen molar-refractivity contribution in [2.24, 2.45) is 0 Å². The number of aldehydes is 1. The van der Waals surface area contributed by atoms with Crippen LogP contribution in [0.1, 0.15) is 36.7 Å². The van der Waals surface area contributed by atoms with E-state index in [1.54, 1.807) is 26.8 Å². The molecule has 0 aromatic carbocycles. The van der Waals surface area contributed by atoms with Gasteiger partial charge in [0.2, 0.25) is 0 Å². The minimum absolute atomic E-state index is 0.0686. The molecule has 4 nitrogen and oxygen atoms in total. The molecule has 0 radical (unpaired) electrons. The monoisotopic (exact) mass is 221 g/mol. The number of carbonyl (C=O) groups is 2. The van der Waals surface area contributed by atoms with Gasteiger partial charge in [-0.05, 0) is 32.4 Å². The minimum Gasteiger partial charge on any atom is -0.460 e. The van der Waals surface area contributed by atoms with E-state index in [0.717, 1.165) is 0 Å². The van der Waals surface area contributed by atoms with E-state index in [2.05, 4.69) is 4.98 Å². The molecule has 1 rings (SSSR count). The van der Waals surface area contributed by atoms with Crippen LogP contribution in [0.4, 0.5) is 0 Å². The fourth-order valence-corrected chi connectivity index (χ4v) is 1.23. The van der Waals surface area contributed by atoms with Crippen LogP contribution in [0.5, 0.6) is 0 Å². The van der Waals surface area contributed by atoms with Gasteiger partial charge in [0.1, 0.15) is 11.9 Å². The van der Waals surface area contributed by atoms with Crippen LogP contribution in [-0.2, 0) is 16.0 Å². The maximum absolute atomic E-state index is 11.5. The Morgan fingerprint density at radius 1 is 1.50 bits per heavy atom. The SMILES string of the molecule is CC(C)(C)OC(=O)Cc1cnccc1C=O. The molecule has 0 N–H and O–H groups in total. The Morgan fingerprint density at radius 3 is 2.75 bits per heavy atom. The molecule has 1 aromatic heterocycles. The molecular formula is C12H15NO3. The third-order valence-electron chi connectivity index (χ3n) is 1.82. The summed E-state index contributed by atoms with van der Waals surface area (Å²) in [6.45, 7) is 5.40. The summed E-state index contributed by atoms with van der Waals surface area (Å²) in [6.07, 6.45) is 3.80. The van der Waals surface area contributed by atoms with Crippen LogP contribution in [-0.4, -0.2) is 22.8 Å². The number of hydrogen-bond acceptors (Lipinski definition) is 4. The van der Waals surface area contributed by atoms with Crippen LogP contribution in [0.15, 0.2) is 18.5 Å². The smallest absolute Gasteiger partial charge is 0.310 e. The van der Waals surface area contributed by atoms with Crippen LogP contribution in [0.2, 0.25) is 0 Å². The van der Waals surface area contributed by atoms with Gasteiger partial charge in [-0.15, -0.1) is 0 Å². The second-order valence-corrected chi connectivity index (χ2v) is 4.46. The molecule has 0 amide bonds. The molecule has 0 saturated carbocycles. The lowest BCUT2D eigenvalue weighted by Gasteiger charge is -2.19. The number of carbonyl (C=O) groups excluding carboxylic acids is 2. The summed E-state index contributed by atoms with van der Waals surface area (Å²) >= 11 is 0. The van der Waals surface area contributed by atoms with E-state index in [0.29, 0.717) is 17.4 Å². The molecule has 16 heavy (non-hydrogen) atoms. The zero-order valence-corrected chi connectivity index (χ0v) is 9.69. The van der Waals surface area contributed by atoms with Gasteiger partial charge >= 0.3 is 5.97 Å².